The first-order valence-electron chi connectivity index (χ1n) is 14.0. The molecule has 0 aliphatic heterocycles. The first-order valence-corrected chi connectivity index (χ1v) is 15.5. The van der Waals surface area contributed by atoms with Crippen molar-refractivity contribution in [3.63, 3.8) is 0 Å². The van der Waals surface area contributed by atoms with Gasteiger partial charge in [0.1, 0.15) is 17.4 Å². The molecule has 4 rings (SSSR count). The van der Waals surface area contributed by atoms with Crippen molar-refractivity contribution in [1.29, 1.82) is 0 Å². The second-order valence-electron chi connectivity index (χ2n) is 12.6. The van der Waals surface area contributed by atoms with E-state index in [1.807, 2.05) is 13.8 Å². The molecule has 2 heterocycles. The highest BCUT2D eigenvalue weighted by Gasteiger charge is 2.40. The van der Waals surface area contributed by atoms with E-state index in [9.17, 15) is 22.1 Å². The van der Waals surface area contributed by atoms with Crippen LogP contribution in [0.4, 0.5) is 22.0 Å². The summed E-state index contributed by atoms with van der Waals surface area (Å²) in [5, 5.41) is 0. The van der Waals surface area contributed by atoms with Gasteiger partial charge in [0.25, 0.3) is 0 Å². The number of fused-ring (bicyclic) bond motifs is 1. The summed E-state index contributed by atoms with van der Waals surface area (Å²) in [6, 6.07) is 7.51. The minimum atomic E-state index is -4.93. The van der Waals surface area contributed by atoms with E-state index < -0.39 is 60.6 Å². The van der Waals surface area contributed by atoms with Crippen LogP contribution in [0.1, 0.15) is 72.6 Å². The molecule has 0 saturated heterocycles. The van der Waals surface area contributed by atoms with Gasteiger partial charge in [-0.3, -0.25) is 18.4 Å². The van der Waals surface area contributed by atoms with Crippen molar-refractivity contribution in [2.75, 3.05) is 6.79 Å². The van der Waals surface area contributed by atoms with Gasteiger partial charge in [-0.25, -0.2) is 22.9 Å². The van der Waals surface area contributed by atoms with Gasteiger partial charge >= 0.3 is 14.0 Å². The van der Waals surface area contributed by atoms with Crippen LogP contribution in [0.15, 0.2) is 48.8 Å². The van der Waals surface area contributed by atoms with Crippen molar-refractivity contribution in [1.82, 2.24) is 14.4 Å². The molecule has 14 heteroatoms. The van der Waals surface area contributed by atoms with Gasteiger partial charge in [-0.05, 0) is 83.4 Å². The fraction of sp³-hybridized carbons (Fsp3) is 0.419. The van der Waals surface area contributed by atoms with E-state index in [1.54, 1.807) is 47.6 Å². The third-order valence-corrected chi connectivity index (χ3v) is 8.06. The van der Waals surface area contributed by atoms with Crippen molar-refractivity contribution < 1.29 is 44.8 Å². The molecule has 244 valence electrons. The molecular weight excluding hydrogens is 620 g/mol. The molecule has 0 amide bonds. The predicted molar refractivity (Wildman–Crippen MR) is 159 cm³/mol. The molecule has 45 heavy (non-hydrogen) atoms. The topological polar surface area (TPSA) is 84.2 Å². The summed E-state index contributed by atoms with van der Waals surface area (Å²) in [6.45, 7) is 12.9. The van der Waals surface area contributed by atoms with E-state index in [1.165, 1.54) is 24.4 Å². The molecule has 0 N–H and O–H groups in total. The zero-order valence-corrected chi connectivity index (χ0v) is 27.0. The molecule has 0 radical (unpaired) electrons. The van der Waals surface area contributed by atoms with Crippen LogP contribution in [0, 0.1) is 11.6 Å². The van der Waals surface area contributed by atoms with E-state index in [0.717, 1.165) is 22.7 Å². The summed E-state index contributed by atoms with van der Waals surface area (Å²) in [5.74, 6) is -1.74. The van der Waals surface area contributed by atoms with Gasteiger partial charge in [0.15, 0.2) is 18.1 Å². The zero-order chi connectivity index (χ0) is 33.5. The van der Waals surface area contributed by atoms with Crippen LogP contribution < -0.4 is 4.74 Å². The van der Waals surface area contributed by atoms with Crippen LogP contribution in [-0.4, -0.2) is 32.4 Å². The largest absolute Gasteiger partial charge is 0.478 e. The highest BCUT2D eigenvalue weighted by molar-refractivity contribution is 7.48. The Bertz CT molecular complexity index is 1720. The Hall–Kier alpha value is -3.38. The highest BCUT2D eigenvalue weighted by Crippen LogP contribution is 2.55. The molecule has 0 saturated carbocycles. The molecule has 4 aromatic rings. The molecule has 0 fully saturated rings. The van der Waals surface area contributed by atoms with Crippen molar-refractivity contribution in [2.45, 2.75) is 78.7 Å². The SMILES string of the molecule is CC(C)c1cc(-c2cn3c(-c4ccc(OCOP(=O)(OC(C)(C)C)OC(C)(C)C)cc4F)c(C(F)(F)F)nc3cn2)ccc1F. The molecule has 0 unspecified atom stereocenters. The molecule has 0 bridgehead atoms. The molecule has 2 aromatic carbocycles. The number of phosphoric ester groups is 1. The van der Waals surface area contributed by atoms with Crippen molar-refractivity contribution in [3.05, 3.63) is 71.7 Å². The third-order valence-electron chi connectivity index (χ3n) is 6.09. The number of hydrogen-bond donors (Lipinski definition) is 0. The Kier molecular flexibility index (Phi) is 9.53. The lowest BCUT2D eigenvalue weighted by Crippen LogP contribution is -2.25. The summed E-state index contributed by atoms with van der Waals surface area (Å²) in [4.78, 5) is 7.92. The molecule has 2 aromatic heterocycles. The van der Waals surface area contributed by atoms with E-state index >= 15 is 4.39 Å². The minimum absolute atomic E-state index is 0.119. The van der Waals surface area contributed by atoms with Gasteiger partial charge in [-0.1, -0.05) is 13.8 Å². The van der Waals surface area contributed by atoms with Crippen LogP contribution in [0.25, 0.3) is 28.2 Å². The average molecular weight is 656 g/mol. The average Bonchev–Trinajstić information content (AvgIpc) is 3.26. The second kappa shape index (κ2) is 12.4. The summed E-state index contributed by atoms with van der Waals surface area (Å²) in [6.07, 6.45) is -2.50. The quantitative estimate of drug-likeness (QED) is 0.101. The van der Waals surface area contributed by atoms with Crippen LogP contribution in [-0.2, 0) is 24.3 Å². The monoisotopic (exact) mass is 655 g/mol. The van der Waals surface area contributed by atoms with Gasteiger partial charge in [0, 0.05) is 23.4 Å². The van der Waals surface area contributed by atoms with Crippen LogP contribution in [0.5, 0.6) is 5.75 Å². The fourth-order valence-electron chi connectivity index (χ4n) is 4.38. The molecule has 8 nitrogen and oxygen atoms in total. The Morgan fingerprint density at radius 3 is 2.11 bits per heavy atom. The second-order valence-corrected chi connectivity index (χ2v) is 14.1. The number of rotatable bonds is 9. The number of hydrogen-bond acceptors (Lipinski definition) is 7. The maximum Gasteiger partial charge on any atom is 0.478 e. The standard InChI is InChI=1S/C31H35F5N3O5P/c1-18(2)22-13-19(9-12-23(22)32)25-16-39-26(15-37-25)38-28(31(34,35)36)27(39)21-11-10-20(14-24(21)33)41-17-42-45(40,43-29(3,4)5)44-30(6,7)8/h9-16,18H,17H2,1-8H3. The van der Waals surface area contributed by atoms with Crippen molar-refractivity contribution in [2.24, 2.45) is 0 Å². The minimum Gasteiger partial charge on any atom is -0.467 e. The number of ether oxygens (including phenoxy) is 1. The number of imidazole rings is 1. The third kappa shape index (κ3) is 8.46. The summed E-state index contributed by atoms with van der Waals surface area (Å²) >= 11 is 0. The van der Waals surface area contributed by atoms with E-state index in [-0.39, 0.29) is 23.0 Å². The van der Waals surface area contributed by atoms with Gasteiger partial charge < -0.3 is 4.74 Å². The van der Waals surface area contributed by atoms with Crippen molar-refractivity contribution >= 4 is 13.5 Å². The lowest BCUT2D eigenvalue weighted by atomic mass is 9.99. The number of benzene rings is 2. The first-order chi connectivity index (χ1) is 20.7. The lowest BCUT2D eigenvalue weighted by molar-refractivity contribution is -0.140. The predicted octanol–water partition coefficient (Wildman–Crippen LogP) is 9.57. The lowest BCUT2D eigenvalue weighted by Gasteiger charge is -2.30. The smallest absolute Gasteiger partial charge is 0.467 e. The number of phosphoric acid groups is 1. The Morgan fingerprint density at radius 2 is 1.56 bits per heavy atom. The molecular formula is C31H35F5N3O5P. The molecule has 0 atom stereocenters. The van der Waals surface area contributed by atoms with Crippen LogP contribution in [0.2, 0.25) is 0 Å². The first kappa shape index (κ1) is 34.5. The maximum absolute atomic E-state index is 15.5. The van der Waals surface area contributed by atoms with Crippen LogP contribution >= 0.6 is 7.82 Å². The molecule has 0 spiro atoms. The van der Waals surface area contributed by atoms with E-state index in [2.05, 4.69) is 9.97 Å². The number of halogens is 5. The summed E-state index contributed by atoms with van der Waals surface area (Å²) in [5.41, 5.74) is -3.17. The highest BCUT2D eigenvalue weighted by atomic mass is 31.2. The molecule has 0 aliphatic carbocycles. The van der Waals surface area contributed by atoms with E-state index in [4.69, 9.17) is 18.3 Å². The van der Waals surface area contributed by atoms with Gasteiger partial charge in [0.2, 0.25) is 0 Å². The van der Waals surface area contributed by atoms with Gasteiger partial charge in [0.05, 0.1) is 28.8 Å². The van der Waals surface area contributed by atoms with E-state index in [0.29, 0.717) is 11.1 Å². The Labute approximate surface area is 258 Å². The van der Waals surface area contributed by atoms with Gasteiger partial charge in [-0.15, -0.1) is 0 Å². The summed E-state index contributed by atoms with van der Waals surface area (Å²) in [7, 11) is -4.14. The Morgan fingerprint density at radius 1 is 0.911 bits per heavy atom. The van der Waals surface area contributed by atoms with Gasteiger partial charge in [-0.2, -0.15) is 13.2 Å². The number of aromatic nitrogens is 3. The Balaban J connectivity index is 1.69. The van der Waals surface area contributed by atoms with Crippen molar-refractivity contribution in [3.8, 4) is 28.3 Å². The molecule has 0 aliphatic rings. The van der Waals surface area contributed by atoms with Crippen LogP contribution in [0.3, 0.4) is 0 Å². The zero-order valence-electron chi connectivity index (χ0n) is 26.1. The fourth-order valence-corrected chi connectivity index (χ4v) is 6.05. The normalized spacial score (nSPS) is 13.2. The number of alkyl halides is 3. The number of nitrogens with zero attached hydrogens (tertiary/aromatic N) is 3. The maximum atomic E-state index is 15.5. The summed E-state index contributed by atoms with van der Waals surface area (Å²) < 4.78 is 108.